The van der Waals surface area contributed by atoms with Gasteiger partial charge in [-0.15, -0.1) is 12.4 Å². The Hall–Kier alpha value is -1.26. The second-order valence-electron chi connectivity index (χ2n) is 4.28. The third-order valence-electron chi connectivity index (χ3n) is 2.11. The molecule has 0 bridgehead atoms. The quantitative estimate of drug-likeness (QED) is 0.830. The Bertz CT molecular complexity index is 370. The summed E-state index contributed by atoms with van der Waals surface area (Å²) in [5.41, 5.74) is 5.92. The molecule has 0 radical (unpaired) electrons. The molecule has 0 aliphatic carbocycles. The lowest BCUT2D eigenvalue weighted by atomic mass is 10.2. The summed E-state index contributed by atoms with van der Waals surface area (Å²) < 4.78 is 5.56. The molecule has 1 amide bonds. The van der Waals surface area contributed by atoms with E-state index in [2.05, 4.69) is 19.2 Å². The lowest BCUT2D eigenvalue weighted by Crippen LogP contribution is -2.28. The van der Waals surface area contributed by atoms with E-state index < -0.39 is 0 Å². The first kappa shape index (κ1) is 16.7. The molecule has 5 heteroatoms. The number of nitrogens with one attached hydrogen (secondary N) is 1. The average molecular weight is 273 g/mol. The van der Waals surface area contributed by atoms with E-state index >= 15 is 0 Å². The van der Waals surface area contributed by atoms with Crippen LogP contribution < -0.4 is 15.8 Å². The van der Waals surface area contributed by atoms with Gasteiger partial charge in [-0.1, -0.05) is 19.9 Å². The first-order valence-electron chi connectivity index (χ1n) is 5.84. The number of rotatable bonds is 6. The normalized spacial score (nSPS) is 9.78. The summed E-state index contributed by atoms with van der Waals surface area (Å²) in [7, 11) is 0. The van der Waals surface area contributed by atoms with Crippen molar-refractivity contribution in [3.63, 3.8) is 0 Å². The molecule has 1 aromatic rings. The molecule has 1 aromatic carbocycles. The van der Waals surface area contributed by atoms with Crippen molar-refractivity contribution in [2.45, 2.75) is 13.8 Å². The van der Waals surface area contributed by atoms with E-state index in [1.54, 1.807) is 12.1 Å². The molecule has 0 aromatic heterocycles. The number of carbonyl (C=O) groups excluding carboxylic acids is 1. The highest BCUT2D eigenvalue weighted by molar-refractivity contribution is 5.94. The van der Waals surface area contributed by atoms with E-state index in [4.69, 9.17) is 10.5 Å². The summed E-state index contributed by atoms with van der Waals surface area (Å²) in [5, 5.41) is 2.72. The standard InChI is InChI=1S/C13H20N2O2.ClH/c1-10(2)9-17-12-5-3-4-11(8-12)13(16)15-7-6-14;/h3-5,8,10H,6-7,9,14H2,1-2H3,(H,15,16);1H. The number of hydrogen-bond donors (Lipinski definition) is 2. The molecule has 3 N–H and O–H groups in total. The van der Waals surface area contributed by atoms with Crippen molar-refractivity contribution in [2.24, 2.45) is 11.7 Å². The van der Waals surface area contributed by atoms with Crippen LogP contribution in [-0.4, -0.2) is 25.6 Å². The van der Waals surface area contributed by atoms with Crippen molar-refractivity contribution in [3.8, 4) is 5.75 Å². The van der Waals surface area contributed by atoms with Crippen LogP contribution in [0.15, 0.2) is 24.3 Å². The Balaban J connectivity index is 0.00000289. The Labute approximate surface area is 114 Å². The Morgan fingerprint density at radius 2 is 2.17 bits per heavy atom. The van der Waals surface area contributed by atoms with Crippen LogP contribution in [0.4, 0.5) is 0 Å². The van der Waals surface area contributed by atoms with E-state index in [1.807, 2.05) is 12.1 Å². The second-order valence-corrected chi connectivity index (χ2v) is 4.28. The molecule has 1 rings (SSSR count). The van der Waals surface area contributed by atoms with Gasteiger partial charge in [0.25, 0.3) is 5.91 Å². The van der Waals surface area contributed by atoms with Gasteiger partial charge < -0.3 is 15.8 Å². The van der Waals surface area contributed by atoms with Crippen molar-refractivity contribution in [2.75, 3.05) is 19.7 Å². The van der Waals surface area contributed by atoms with Gasteiger partial charge in [-0.2, -0.15) is 0 Å². The molecule has 4 nitrogen and oxygen atoms in total. The van der Waals surface area contributed by atoms with E-state index in [-0.39, 0.29) is 18.3 Å². The molecule has 102 valence electrons. The number of hydrogen-bond acceptors (Lipinski definition) is 3. The van der Waals surface area contributed by atoms with E-state index in [0.29, 0.717) is 31.2 Å². The minimum Gasteiger partial charge on any atom is -0.493 e. The maximum absolute atomic E-state index is 11.7. The SMILES string of the molecule is CC(C)COc1cccc(C(=O)NCCN)c1.Cl. The molecule has 0 aliphatic heterocycles. The van der Waals surface area contributed by atoms with Gasteiger partial charge in [0, 0.05) is 18.7 Å². The van der Waals surface area contributed by atoms with Crippen molar-refractivity contribution in [1.82, 2.24) is 5.32 Å². The van der Waals surface area contributed by atoms with Crippen LogP contribution in [0.3, 0.4) is 0 Å². The fraction of sp³-hybridized carbons (Fsp3) is 0.462. The zero-order valence-electron chi connectivity index (χ0n) is 10.8. The second kappa shape index (κ2) is 8.78. The monoisotopic (exact) mass is 272 g/mol. The lowest BCUT2D eigenvalue weighted by Gasteiger charge is -2.10. The molecule has 0 fully saturated rings. The molecule has 0 spiro atoms. The zero-order valence-corrected chi connectivity index (χ0v) is 11.6. The Kier molecular flexibility index (Phi) is 8.16. The molecule has 0 heterocycles. The number of amides is 1. The lowest BCUT2D eigenvalue weighted by molar-refractivity contribution is 0.0954. The minimum atomic E-state index is -0.120. The highest BCUT2D eigenvalue weighted by Gasteiger charge is 2.05. The molecule has 0 unspecified atom stereocenters. The van der Waals surface area contributed by atoms with Crippen LogP contribution in [0.2, 0.25) is 0 Å². The van der Waals surface area contributed by atoms with Crippen LogP contribution >= 0.6 is 12.4 Å². The Morgan fingerprint density at radius 3 is 2.78 bits per heavy atom. The largest absolute Gasteiger partial charge is 0.493 e. The third kappa shape index (κ3) is 5.89. The first-order chi connectivity index (χ1) is 8.13. The summed E-state index contributed by atoms with van der Waals surface area (Å²) in [6.45, 7) is 5.73. The summed E-state index contributed by atoms with van der Waals surface area (Å²) in [4.78, 5) is 11.7. The maximum atomic E-state index is 11.7. The van der Waals surface area contributed by atoms with Crippen LogP contribution in [0.25, 0.3) is 0 Å². The first-order valence-corrected chi connectivity index (χ1v) is 5.84. The minimum absolute atomic E-state index is 0. The van der Waals surface area contributed by atoms with Gasteiger partial charge in [0.05, 0.1) is 6.61 Å². The summed E-state index contributed by atoms with van der Waals surface area (Å²) in [6.07, 6.45) is 0. The molecule has 0 aliphatic rings. The van der Waals surface area contributed by atoms with Crippen LogP contribution in [-0.2, 0) is 0 Å². The average Bonchev–Trinajstić information content (AvgIpc) is 2.33. The summed E-state index contributed by atoms with van der Waals surface area (Å²) in [6, 6.07) is 7.16. The topological polar surface area (TPSA) is 64.3 Å². The molecule has 18 heavy (non-hydrogen) atoms. The van der Waals surface area contributed by atoms with Gasteiger partial charge >= 0.3 is 0 Å². The van der Waals surface area contributed by atoms with Gasteiger partial charge in [0.2, 0.25) is 0 Å². The Morgan fingerprint density at radius 1 is 1.44 bits per heavy atom. The van der Waals surface area contributed by atoms with Gasteiger partial charge in [-0.25, -0.2) is 0 Å². The van der Waals surface area contributed by atoms with Gasteiger partial charge in [0.15, 0.2) is 0 Å². The van der Waals surface area contributed by atoms with Gasteiger partial charge in [-0.3, -0.25) is 4.79 Å². The summed E-state index contributed by atoms with van der Waals surface area (Å²) in [5.74, 6) is 1.06. The highest BCUT2D eigenvalue weighted by Crippen LogP contribution is 2.14. The fourth-order valence-electron chi connectivity index (χ4n) is 1.28. The smallest absolute Gasteiger partial charge is 0.251 e. The van der Waals surface area contributed by atoms with Crippen molar-refractivity contribution in [3.05, 3.63) is 29.8 Å². The third-order valence-corrected chi connectivity index (χ3v) is 2.11. The number of nitrogens with two attached hydrogens (primary N) is 1. The number of ether oxygens (including phenoxy) is 1. The number of carbonyl (C=O) groups is 1. The number of halogens is 1. The predicted octanol–water partition coefficient (Wildman–Crippen LogP) is 1.83. The molecule has 0 atom stereocenters. The van der Waals surface area contributed by atoms with Crippen LogP contribution in [0.1, 0.15) is 24.2 Å². The van der Waals surface area contributed by atoms with Crippen molar-refractivity contribution in [1.29, 1.82) is 0 Å². The highest BCUT2D eigenvalue weighted by atomic mass is 35.5. The van der Waals surface area contributed by atoms with Gasteiger partial charge in [-0.05, 0) is 24.1 Å². The molecular weight excluding hydrogens is 252 g/mol. The van der Waals surface area contributed by atoms with Gasteiger partial charge in [0.1, 0.15) is 5.75 Å². The van der Waals surface area contributed by atoms with E-state index in [9.17, 15) is 4.79 Å². The van der Waals surface area contributed by atoms with Crippen LogP contribution in [0.5, 0.6) is 5.75 Å². The fourth-order valence-corrected chi connectivity index (χ4v) is 1.28. The maximum Gasteiger partial charge on any atom is 0.251 e. The number of benzene rings is 1. The summed E-state index contributed by atoms with van der Waals surface area (Å²) >= 11 is 0. The van der Waals surface area contributed by atoms with Crippen molar-refractivity contribution >= 4 is 18.3 Å². The molecule has 0 saturated heterocycles. The van der Waals surface area contributed by atoms with Crippen LogP contribution in [0, 0.1) is 5.92 Å². The molecular formula is C13H21ClN2O2. The van der Waals surface area contributed by atoms with E-state index in [1.165, 1.54) is 0 Å². The molecule has 0 saturated carbocycles. The zero-order chi connectivity index (χ0) is 12.7. The van der Waals surface area contributed by atoms with E-state index in [0.717, 1.165) is 5.75 Å². The predicted molar refractivity (Wildman–Crippen MR) is 75.4 cm³/mol. The van der Waals surface area contributed by atoms with Crippen molar-refractivity contribution < 1.29 is 9.53 Å².